The molecule has 3 N–H and O–H groups in total. The second kappa shape index (κ2) is 10.6. The topological polar surface area (TPSA) is 104 Å². The summed E-state index contributed by atoms with van der Waals surface area (Å²) in [5.41, 5.74) is 7.85. The van der Waals surface area contributed by atoms with Crippen LogP contribution in [0.25, 0.3) is 21.9 Å². The molecule has 0 aliphatic rings. The van der Waals surface area contributed by atoms with E-state index < -0.39 is 22.0 Å². The van der Waals surface area contributed by atoms with Crippen LogP contribution >= 0.6 is 0 Å². The number of hydroxylamine groups is 1. The average molecular weight is 457 g/mol. The fourth-order valence-electron chi connectivity index (χ4n) is 3.48. The van der Waals surface area contributed by atoms with Crippen LogP contribution in [0.15, 0.2) is 59.5 Å². The van der Waals surface area contributed by atoms with E-state index in [0.29, 0.717) is 5.39 Å². The molecule has 0 saturated carbocycles. The Morgan fingerprint density at radius 3 is 2.44 bits per heavy atom. The summed E-state index contributed by atoms with van der Waals surface area (Å²) in [6.45, 7) is 0.966. The Balaban J connectivity index is 1.80. The van der Waals surface area contributed by atoms with Gasteiger partial charge in [0, 0.05) is 55.8 Å². The lowest BCUT2D eigenvalue weighted by Gasteiger charge is -2.14. The van der Waals surface area contributed by atoms with E-state index in [1.165, 1.54) is 21.9 Å². The molecule has 2 atom stereocenters. The van der Waals surface area contributed by atoms with Crippen molar-refractivity contribution in [2.45, 2.75) is 24.8 Å². The molecule has 0 radical (unpaired) electrons. The van der Waals surface area contributed by atoms with Gasteiger partial charge in [0.05, 0.1) is 0 Å². The summed E-state index contributed by atoms with van der Waals surface area (Å²) in [5.74, 6) is -0.715. The number of carbonyl (C=O) groups excluding carboxylic acids is 1. The third kappa shape index (κ3) is 5.68. The van der Waals surface area contributed by atoms with Gasteiger partial charge in [-0.3, -0.25) is 29.4 Å². The number of hydrogen-bond acceptors (Lipinski definition) is 6. The number of rotatable bonds is 9. The third-order valence-corrected chi connectivity index (χ3v) is 6.55. The molecule has 2 aromatic carbocycles. The molecular formula is C23H28N4O4S. The Morgan fingerprint density at radius 2 is 1.81 bits per heavy atom. The van der Waals surface area contributed by atoms with Crippen LogP contribution in [-0.4, -0.2) is 50.5 Å². The van der Waals surface area contributed by atoms with Gasteiger partial charge in [-0.2, -0.15) is 0 Å². The number of aryl methyl sites for hydroxylation is 1. The number of carbonyl (C=O) groups is 1. The quantitative estimate of drug-likeness (QED) is 0.336. The first-order chi connectivity index (χ1) is 15.3. The minimum atomic E-state index is -1.46. The van der Waals surface area contributed by atoms with Crippen molar-refractivity contribution in [2.24, 2.45) is 0 Å². The van der Waals surface area contributed by atoms with Gasteiger partial charge >= 0.3 is 0 Å². The summed E-state index contributed by atoms with van der Waals surface area (Å²) in [4.78, 5) is 24.6. The maximum atomic E-state index is 12.9. The van der Waals surface area contributed by atoms with Crippen LogP contribution < -0.4 is 16.5 Å². The molecule has 0 fully saturated rings. The Kier molecular flexibility index (Phi) is 7.92. The number of hydrogen-bond donors (Lipinski definition) is 3. The molecule has 3 rings (SSSR count). The normalized spacial score (nSPS) is 13.3. The van der Waals surface area contributed by atoms with Crippen molar-refractivity contribution in [3.05, 3.63) is 70.6 Å². The monoisotopic (exact) mass is 456 g/mol. The first-order valence-corrected chi connectivity index (χ1v) is 11.8. The molecule has 1 aromatic heterocycles. The summed E-state index contributed by atoms with van der Waals surface area (Å²) < 4.78 is 13.3. The van der Waals surface area contributed by atoms with Crippen LogP contribution in [0.1, 0.15) is 12.0 Å². The van der Waals surface area contributed by atoms with E-state index in [9.17, 15) is 13.8 Å². The lowest BCUT2D eigenvalue weighted by molar-refractivity contribution is -0.128. The highest BCUT2D eigenvalue weighted by Gasteiger charge is 2.22. The molecule has 0 bridgehead atoms. The zero-order valence-corrected chi connectivity index (χ0v) is 19.2. The summed E-state index contributed by atoms with van der Waals surface area (Å²) in [5, 5.41) is 11.2. The highest BCUT2D eigenvalue weighted by atomic mass is 32.2. The molecule has 0 saturated heterocycles. The van der Waals surface area contributed by atoms with Gasteiger partial charge in [-0.05, 0) is 46.7 Å². The Labute approximate surface area is 189 Å². The largest absolute Gasteiger partial charge is 0.315 e. The molecule has 3 aromatic rings. The molecule has 0 aliphatic heterocycles. The number of amides is 1. The van der Waals surface area contributed by atoms with Gasteiger partial charge < -0.3 is 4.57 Å². The van der Waals surface area contributed by atoms with Crippen molar-refractivity contribution >= 4 is 27.5 Å². The zero-order chi connectivity index (χ0) is 23.3. The number of fused-ring (bicyclic) bond motifs is 1. The van der Waals surface area contributed by atoms with E-state index in [4.69, 9.17) is 5.21 Å². The van der Waals surface area contributed by atoms with E-state index >= 15 is 0 Å². The number of nitrogens with one attached hydrogen (secondary N) is 2. The lowest BCUT2D eigenvalue weighted by Crippen LogP contribution is -2.36. The summed E-state index contributed by atoms with van der Waals surface area (Å²) in [6.07, 6.45) is 3.25. The predicted molar refractivity (Wildman–Crippen MR) is 127 cm³/mol. The highest BCUT2D eigenvalue weighted by Crippen LogP contribution is 2.23. The van der Waals surface area contributed by atoms with Gasteiger partial charge in [0.25, 0.3) is 11.5 Å². The molecule has 2 unspecified atom stereocenters. The van der Waals surface area contributed by atoms with E-state index in [1.54, 1.807) is 12.3 Å². The fraction of sp³-hybridized carbons (Fsp3) is 0.304. The van der Waals surface area contributed by atoms with Crippen LogP contribution in [0.5, 0.6) is 0 Å². The highest BCUT2D eigenvalue weighted by molar-refractivity contribution is 7.85. The minimum absolute atomic E-state index is 0.175. The average Bonchev–Trinajstić information content (AvgIpc) is 2.78. The summed E-state index contributed by atoms with van der Waals surface area (Å²) >= 11 is 0. The third-order valence-electron chi connectivity index (χ3n) is 5.30. The van der Waals surface area contributed by atoms with Gasteiger partial charge in [0.1, 0.15) is 5.25 Å². The molecule has 8 nitrogen and oxygen atoms in total. The van der Waals surface area contributed by atoms with Crippen molar-refractivity contribution in [2.75, 3.05) is 20.4 Å². The molecule has 1 heterocycles. The second-order valence-electron chi connectivity index (χ2n) is 7.79. The SMILES string of the molecule is CN(C)NCc1ccc(-c2ccc3c(=O)n(CCC(C(=O)NO)S(C)=O)ccc3c2)cc1. The minimum Gasteiger partial charge on any atom is -0.315 e. The van der Waals surface area contributed by atoms with Crippen molar-refractivity contribution < 1.29 is 14.2 Å². The van der Waals surface area contributed by atoms with Crippen LogP contribution in [0, 0.1) is 0 Å². The summed E-state index contributed by atoms with van der Waals surface area (Å²) in [7, 11) is 2.44. The first-order valence-electron chi connectivity index (χ1n) is 10.2. The van der Waals surface area contributed by atoms with E-state index in [1.807, 2.05) is 37.3 Å². The van der Waals surface area contributed by atoms with Crippen LogP contribution in [0.3, 0.4) is 0 Å². The number of aromatic nitrogens is 1. The Morgan fingerprint density at radius 1 is 1.12 bits per heavy atom. The van der Waals surface area contributed by atoms with Crippen molar-refractivity contribution in [1.29, 1.82) is 0 Å². The standard InChI is InChI=1S/C23H28N4O4S/c1-26(2)24-15-16-4-6-17(7-5-16)18-8-9-20-19(14-18)10-12-27(23(20)29)13-11-21(32(3)31)22(28)25-30/h4-10,12,14,21,24,30H,11,13,15H2,1-3H3,(H,25,28). The van der Waals surface area contributed by atoms with Gasteiger partial charge in [0.2, 0.25) is 0 Å². The Hall–Kier alpha value is -2.85. The molecule has 1 amide bonds. The van der Waals surface area contributed by atoms with Gasteiger partial charge in [-0.1, -0.05) is 30.3 Å². The number of nitrogens with zero attached hydrogens (tertiary/aromatic N) is 2. The van der Waals surface area contributed by atoms with Crippen molar-refractivity contribution in [3.8, 4) is 11.1 Å². The van der Waals surface area contributed by atoms with E-state index in [0.717, 1.165) is 23.1 Å². The Bertz CT molecular complexity index is 1170. The van der Waals surface area contributed by atoms with Gasteiger partial charge in [-0.15, -0.1) is 0 Å². The van der Waals surface area contributed by atoms with Crippen LogP contribution in [0.4, 0.5) is 0 Å². The summed E-state index contributed by atoms with van der Waals surface area (Å²) in [6, 6.07) is 15.8. The maximum absolute atomic E-state index is 12.9. The smallest absolute Gasteiger partial charge is 0.259 e. The van der Waals surface area contributed by atoms with E-state index in [2.05, 4.69) is 29.7 Å². The molecular weight excluding hydrogens is 428 g/mol. The number of pyridine rings is 1. The molecule has 0 spiro atoms. The first kappa shape index (κ1) is 23.8. The lowest BCUT2D eigenvalue weighted by atomic mass is 10.0. The predicted octanol–water partition coefficient (Wildman–Crippen LogP) is 1.88. The van der Waals surface area contributed by atoms with Crippen LogP contribution in [0.2, 0.25) is 0 Å². The van der Waals surface area contributed by atoms with Gasteiger partial charge in [0.15, 0.2) is 0 Å². The van der Waals surface area contributed by atoms with Crippen molar-refractivity contribution in [3.63, 3.8) is 0 Å². The van der Waals surface area contributed by atoms with Gasteiger partial charge in [-0.25, -0.2) is 5.48 Å². The van der Waals surface area contributed by atoms with Crippen LogP contribution in [-0.2, 0) is 28.7 Å². The maximum Gasteiger partial charge on any atom is 0.259 e. The molecule has 0 aliphatic carbocycles. The molecule has 170 valence electrons. The molecule has 32 heavy (non-hydrogen) atoms. The number of hydrazine groups is 1. The second-order valence-corrected chi connectivity index (χ2v) is 9.36. The van der Waals surface area contributed by atoms with Crippen molar-refractivity contribution in [1.82, 2.24) is 20.5 Å². The van der Waals surface area contributed by atoms with E-state index in [-0.39, 0.29) is 18.5 Å². The fourth-order valence-corrected chi connectivity index (χ4v) is 4.28. The zero-order valence-electron chi connectivity index (χ0n) is 18.4. The molecule has 9 heteroatoms. The number of benzene rings is 2.